The van der Waals surface area contributed by atoms with Crippen LogP contribution in [-0.4, -0.2) is 77.3 Å². The second kappa shape index (κ2) is 8.76. The smallest absolute Gasteiger partial charge is 0.246 e. The predicted molar refractivity (Wildman–Crippen MR) is 96.7 cm³/mol. The number of carbonyl (C=O) groups excluding carboxylic acids is 2. The number of rotatable bonds is 4. The van der Waals surface area contributed by atoms with Gasteiger partial charge in [-0.1, -0.05) is 6.07 Å². The summed E-state index contributed by atoms with van der Waals surface area (Å²) in [7, 11) is 0. The molecule has 0 bridgehead atoms. The Balaban J connectivity index is 1.42. The van der Waals surface area contributed by atoms with Crippen molar-refractivity contribution in [1.29, 1.82) is 0 Å². The van der Waals surface area contributed by atoms with E-state index in [1.54, 1.807) is 24.5 Å². The molecule has 0 radical (unpaired) electrons. The minimum atomic E-state index is 0.0193. The van der Waals surface area contributed by atoms with Crippen molar-refractivity contribution >= 4 is 17.9 Å². The summed E-state index contributed by atoms with van der Waals surface area (Å²) in [6, 6.07) is 3.77. The summed E-state index contributed by atoms with van der Waals surface area (Å²) in [5.41, 5.74) is 0.918. The fourth-order valence-corrected chi connectivity index (χ4v) is 3.31. The lowest BCUT2D eigenvalue weighted by atomic mass is 10.1. The molecule has 2 saturated heterocycles. The van der Waals surface area contributed by atoms with E-state index in [-0.39, 0.29) is 11.8 Å². The van der Waals surface area contributed by atoms with Crippen LogP contribution in [0.1, 0.15) is 24.8 Å². The number of piperidine rings is 1. The average Bonchev–Trinajstić information content (AvgIpc) is 2.68. The molecule has 134 valence electrons. The number of aromatic nitrogens is 1. The highest BCUT2D eigenvalue weighted by Crippen LogP contribution is 2.10. The van der Waals surface area contributed by atoms with Gasteiger partial charge < -0.3 is 9.80 Å². The molecule has 2 aliphatic heterocycles. The molecule has 0 spiro atoms. The van der Waals surface area contributed by atoms with E-state index in [4.69, 9.17) is 0 Å². The standard InChI is InChI=1S/C19H26N4O2/c24-18(7-6-17-5-4-8-20-15-17)23-13-11-21(12-14-23)16-19(25)22-9-2-1-3-10-22/h4-8,15H,1-3,9-14,16H2/b7-6+. The lowest BCUT2D eigenvalue weighted by Crippen LogP contribution is -2.51. The fraction of sp³-hybridized carbons (Fsp3) is 0.526. The van der Waals surface area contributed by atoms with Crippen molar-refractivity contribution in [3.05, 3.63) is 36.2 Å². The van der Waals surface area contributed by atoms with Crippen LogP contribution < -0.4 is 0 Å². The lowest BCUT2D eigenvalue weighted by Gasteiger charge is -2.35. The molecular formula is C19H26N4O2. The van der Waals surface area contributed by atoms with Crippen LogP contribution in [-0.2, 0) is 9.59 Å². The van der Waals surface area contributed by atoms with E-state index in [1.165, 1.54) is 6.42 Å². The second-order valence-electron chi connectivity index (χ2n) is 6.66. The molecule has 0 saturated carbocycles. The normalized spacial score (nSPS) is 19.4. The highest BCUT2D eigenvalue weighted by Gasteiger charge is 2.23. The molecule has 6 nitrogen and oxygen atoms in total. The van der Waals surface area contributed by atoms with Gasteiger partial charge in [0.25, 0.3) is 0 Å². The molecule has 0 aliphatic carbocycles. The number of hydrogen-bond acceptors (Lipinski definition) is 4. The molecule has 2 aliphatic rings. The van der Waals surface area contributed by atoms with Crippen LogP contribution >= 0.6 is 0 Å². The summed E-state index contributed by atoms with van der Waals surface area (Å²) in [5, 5.41) is 0. The minimum Gasteiger partial charge on any atom is -0.342 e. The number of likely N-dealkylation sites (tertiary alicyclic amines) is 1. The molecule has 3 rings (SSSR count). The lowest BCUT2D eigenvalue weighted by molar-refractivity contribution is -0.134. The Labute approximate surface area is 149 Å². The van der Waals surface area contributed by atoms with Gasteiger partial charge >= 0.3 is 0 Å². The van der Waals surface area contributed by atoms with Crippen molar-refractivity contribution in [2.24, 2.45) is 0 Å². The fourth-order valence-electron chi connectivity index (χ4n) is 3.31. The summed E-state index contributed by atoms with van der Waals surface area (Å²) in [5.74, 6) is 0.252. The van der Waals surface area contributed by atoms with Gasteiger partial charge in [0.2, 0.25) is 11.8 Å². The molecule has 2 fully saturated rings. The molecule has 1 aromatic rings. The van der Waals surface area contributed by atoms with Gasteiger partial charge in [0.1, 0.15) is 0 Å². The molecule has 0 atom stereocenters. The van der Waals surface area contributed by atoms with Gasteiger partial charge in [0.15, 0.2) is 0 Å². The average molecular weight is 342 g/mol. The van der Waals surface area contributed by atoms with Gasteiger partial charge in [-0.25, -0.2) is 0 Å². The quantitative estimate of drug-likeness (QED) is 0.773. The monoisotopic (exact) mass is 342 g/mol. The van der Waals surface area contributed by atoms with Crippen molar-refractivity contribution in [2.45, 2.75) is 19.3 Å². The molecule has 1 aromatic heterocycles. The van der Waals surface area contributed by atoms with Crippen molar-refractivity contribution in [2.75, 3.05) is 45.8 Å². The summed E-state index contributed by atoms with van der Waals surface area (Å²) in [6.45, 7) is 5.13. The highest BCUT2D eigenvalue weighted by atomic mass is 16.2. The Hall–Kier alpha value is -2.21. The van der Waals surface area contributed by atoms with Crippen LogP contribution in [0.25, 0.3) is 6.08 Å². The van der Waals surface area contributed by atoms with E-state index in [1.807, 2.05) is 21.9 Å². The van der Waals surface area contributed by atoms with Gasteiger partial charge in [-0.2, -0.15) is 0 Å². The first kappa shape index (κ1) is 17.6. The van der Waals surface area contributed by atoms with Gasteiger partial charge in [0.05, 0.1) is 6.54 Å². The van der Waals surface area contributed by atoms with E-state index >= 15 is 0 Å². The number of piperazine rings is 1. The maximum atomic E-state index is 12.3. The second-order valence-corrected chi connectivity index (χ2v) is 6.66. The van der Waals surface area contributed by atoms with E-state index in [9.17, 15) is 9.59 Å². The molecule has 0 aromatic carbocycles. The van der Waals surface area contributed by atoms with E-state index in [2.05, 4.69) is 9.88 Å². The first-order valence-corrected chi connectivity index (χ1v) is 9.09. The zero-order valence-corrected chi connectivity index (χ0v) is 14.6. The summed E-state index contributed by atoms with van der Waals surface area (Å²) < 4.78 is 0. The van der Waals surface area contributed by atoms with E-state index in [0.717, 1.165) is 44.6 Å². The van der Waals surface area contributed by atoms with E-state index in [0.29, 0.717) is 19.6 Å². The Morgan fingerprint density at radius 2 is 1.76 bits per heavy atom. The number of pyridine rings is 1. The third-order valence-corrected chi connectivity index (χ3v) is 4.85. The molecule has 2 amide bonds. The Morgan fingerprint density at radius 3 is 2.44 bits per heavy atom. The van der Waals surface area contributed by atoms with Crippen LogP contribution in [0, 0.1) is 0 Å². The summed E-state index contributed by atoms with van der Waals surface area (Å²) in [6.07, 6.45) is 10.3. The minimum absolute atomic E-state index is 0.0193. The number of hydrogen-bond donors (Lipinski definition) is 0. The highest BCUT2D eigenvalue weighted by molar-refractivity contribution is 5.91. The Bertz CT molecular complexity index is 603. The van der Waals surface area contributed by atoms with Crippen molar-refractivity contribution < 1.29 is 9.59 Å². The largest absolute Gasteiger partial charge is 0.342 e. The van der Waals surface area contributed by atoms with Crippen LogP contribution in [0.3, 0.4) is 0 Å². The van der Waals surface area contributed by atoms with Crippen molar-refractivity contribution in [3.63, 3.8) is 0 Å². The van der Waals surface area contributed by atoms with Gasteiger partial charge in [-0.3, -0.25) is 19.5 Å². The van der Waals surface area contributed by atoms with Gasteiger partial charge in [0, 0.05) is 57.7 Å². The molecular weight excluding hydrogens is 316 g/mol. The third kappa shape index (κ3) is 5.13. The first-order chi connectivity index (χ1) is 12.2. The SMILES string of the molecule is O=C(/C=C/c1cccnc1)N1CCN(CC(=O)N2CCCCC2)CC1. The number of amides is 2. The number of nitrogens with zero attached hydrogens (tertiary/aromatic N) is 4. The van der Waals surface area contributed by atoms with Crippen LogP contribution in [0.15, 0.2) is 30.6 Å². The topological polar surface area (TPSA) is 56.8 Å². The maximum Gasteiger partial charge on any atom is 0.246 e. The summed E-state index contributed by atoms with van der Waals surface area (Å²) >= 11 is 0. The van der Waals surface area contributed by atoms with Crippen LogP contribution in [0.4, 0.5) is 0 Å². The number of carbonyl (C=O) groups is 2. The zero-order valence-electron chi connectivity index (χ0n) is 14.6. The third-order valence-electron chi connectivity index (χ3n) is 4.85. The van der Waals surface area contributed by atoms with Crippen LogP contribution in [0.5, 0.6) is 0 Å². The zero-order chi connectivity index (χ0) is 17.5. The maximum absolute atomic E-state index is 12.3. The molecule has 25 heavy (non-hydrogen) atoms. The van der Waals surface area contributed by atoms with Crippen LogP contribution in [0.2, 0.25) is 0 Å². The Morgan fingerprint density at radius 1 is 1.00 bits per heavy atom. The van der Waals surface area contributed by atoms with E-state index < -0.39 is 0 Å². The van der Waals surface area contributed by atoms with Crippen molar-refractivity contribution in [3.8, 4) is 0 Å². The van der Waals surface area contributed by atoms with Gasteiger partial charge in [-0.15, -0.1) is 0 Å². The molecule has 3 heterocycles. The predicted octanol–water partition coefficient (Wildman–Crippen LogP) is 1.25. The van der Waals surface area contributed by atoms with Crippen molar-refractivity contribution in [1.82, 2.24) is 19.7 Å². The molecule has 0 N–H and O–H groups in total. The molecule has 0 unspecified atom stereocenters. The van der Waals surface area contributed by atoms with Gasteiger partial charge in [-0.05, 0) is 37.0 Å². The Kier molecular flexibility index (Phi) is 6.17. The molecule has 6 heteroatoms. The first-order valence-electron chi connectivity index (χ1n) is 9.09. The summed E-state index contributed by atoms with van der Waals surface area (Å²) in [4.78, 5) is 34.6.